The highest BCUT2D eigenvalue weighted by atomic mass is 32.2. The Kier molecular flexibility index (Phi) is 10.4. The van der Waals surface area contributed by atoms with Gasteiger partial charge in [-0.15, -0.1) is 0 Å². The Bertz CT molecular complexity index is 1010. The number of carbonyl (C=O) groups excluding carboxylic acids is 3. The molecule has 0 saturated carbocycles. The van der Waals surface area contributed by atoms with Crippen molar-refractivity contribution in [1.29, 1.82) is 0 Å². The molecule has 2 aromatic rings. The first-order chi connectivity index (χ1) is 16.2. The zero-order valence-corrected chi connectivity index (χ0v) is 19.9. The molecule has 0 aliphatic heterocycles. The van der Waals surface area contributed by atoms with E-state index in [4.69, 9.17) is 15.9 Å². The van der Waals surface area contributed by atoms with E-state index in [0.29, 0.717) is 12.2 Å². The predicted octanol–water partition coefficient (Wildman–Crippen LogP) is -0.658. The largest absolute Gasteiger partial charge is 0.480 e. The molecule has 0 aliphatic carbocycles. The number of carboxylic acids is 1. The second kappa shape index (κ2) is 13.0. The summed E-state index contributed by atoms with van der Waals surface area (Å²) < 4.78 is 0. The van der Waals surface area contributed by atoms with Gasteiger partial charge in [-0.2, -0.15) is 11.8 Å². The van der Waals surface area contributed by atoms with Gasteiger partial charge in [0.15, 0.2) is 0 Å². The molecule has 2 rings (SSSR count). The normalized spacial score (nSPS) is 14.6. The molecule has 4 atom stereocenters. The molecule has 0 spiro atoms. The lowest BCUT2D eigenvalue weighted by molar-refractivity contribution is -0.143. The van der Waals surface area contributed by atoms with Gasteiger partial charge < -0.3 is 36.9 Å². The van der Waals surface area contributed by atoms with Crippen LogP contribution in [0.3, 0.4) is 0 Å². The first kappa shape index (κ1) is 27.2. The van der Waals surface area contributed by atoms with Crippen LogP contribution < -0.4 is 21.7 Å². The molecule has 0 radical (unpaired) electrons. The predicted molar refractivity (Wildman–Crippen MR) is 129 cm³/mol. The fourth-order valence-corrected chi connectivity index (χ4v) is 3.75. The fraction of sp³-hybridized carbons (Fsp3) is 0.455. The number of fused-ring (bicyclic) bond motifs is 1. The number of carbonyl (C=O) groups is 4. The van der Waals surface area contributed by atoms with Crippen molar-refractivity contribution in [3.05, 3.63) is 36.0 Å². The molecular formula is C22H31N5O6S. The number of aliphatic hydroxyl groups is 1. The first-order valence-electron chi connectivity index (χ1n) is 10.7. The molecule has 34 heavy (non-hydrogen) atoms. The van der Waals surface area contributed by atoms with Crippen molar-refractivity contribution in [2.45, 2.75) is 43.9 Å². The number of aliphatic hydroxyl groups excluding tert-OH is 1. The fourth-order valence-electron chi connectivity index (χ4n) is 3.28. The summed E-state index contributed by atoms with van der Waals surface area (Å²) in [4.78, 5) is 51.8. The van der Waals surface area contributed by atoms with E-state index in [2.05, 4.69) is 20.9 Å². The van der Waals surface area contributed by atoms with Crippen LogP contribution in [0.15, 0.2) is 30.5 Å². The van der Waals surface area contributed by atoms with Crippen LogP contribution in [0.5, 0.6) is 0 Å². The smallest absolute Gasteiger partial charge is 0.328 e. The van der Waals surface area contributed by atoms with Gasteiger partial charge in [0, 0.05) is 17.1 Å². The third kappa shape index (κ3) is 7.47. The average molecular weight is 494 g/mol. The number of amides is 3. The number of aromatic amines is 1. The van der Waals surface area contributed by atoms with Crippen LogP contribution in [0, 0.1) is 0 Å². The number of carboxylic acid groups (broad SMARTS) is 1. The van der Waals surface area contributed by atoms with E-state index in [1.54, 1.807) is 6.20 Å². The van der Waals surface area contributed by atoms with Crippen LogP contribution >= 0.6 is 11.8 Å². The van der Waals surface area contributed by atoms with Crippen molar-refractivity contribution in [3.63, 3.8) is 0 Å². The molecule has 8 N–H and O–H groups in total. The molecule has 186 valence electrons. The van der Waals surface area contributed by atoms with Crippen molar-refractivity contribution >= 4 is 46.4 Å². The van der Waals surface area contributed by atoms with E-state index in [0.717, 1.165) is 16.5 Å². The van der Waals surface area contributed by atoms with E-state index < -0.39 is 54.5 Å². The maximum absolute atomic E-state index is 12.8. The number of nitrogens with one attached hydrogen (secondary N) is 4. The Hall–Kier alpha value is -3.09. The van der Waals surface area contributed by atoms with Crippen LogP contribution in [-0.2, 0) is 25.6 Å². The Morgan fingerprint density at radius 3 is 2.38 bits per heavy atom. The Balaban J connectivity index is 2.00. The van der Waals surface area contributed by atoms with Gasteiger partial charge in [0.05, 0.1) is 12.6 Å². The molecular weight excluding hydrogens is 462 g/mol. The van der Waals surface area contributed by atoms with Crippen LogP contribution in [0.2, 0.25) is 0 Å². The van der Waals surface area contributed by atoms with E-state index in [1.807, 2.05) is 30.5 Å². The van der Waals surface area contributed by atoms with Gasteiger partial charge >= 0.3 is 5.97 Å². The van der Waals surface area contributed by atoms with Gasteiger partial charge in [-0.1, -0.05) is 18.2 Å². The van der Waals surface area contributed by atoms with Gasteiger partial charge in [0.1, 0.15) is 18.1 Å². The zero-order chi connectivity index (χ0) is 25.3. The van der Waals surface area contributed by atoms with Crippen LogP contribution in [0.25, 0.3) is 10.9 Å². The highest BCUT2D eigenvalue weighted by molar-refractivity contribution is 7.98. The molecule has 4 unspecified atom stereocenters. The maximum atomic E-state index is 12.8. The number of rotatable bonds is 13. The summed E-state index contributed by atoms with van der Waals surface area (Å²) in [6, 6.07) is 3.24. The standard InChI is InChI=1S/C22H31N5O6S/c1-12(19(29)27-18(11-28)22(32)33)25-21(31)17(7-8-34-2)26-20(30)15(23)9-13-10-24-16-6-4-3-5-14(13)16/h3-6,10,12,15,17-18,24,28H,7-9,11,23H2,1-2H3,(H,25,31)(H,26,30)(H,27,29)(H,32,33). The number of thioether (sulfide) groups is 1. The summed E-state index contributed by atoms with van der Waals surface area (Å²) in [5, 5.41) is 26.2. The third-order valence-electron chi connectivity index (χ3n) is 5.24. The summed E-state index contributed by atoms with van der Waals surface area (Å²) in [6.07, 6.45) is 4.23. The number of aliphatic carboxylic acids is 1. The minimum Gasteiger partial charge on any atom is -0.480 e. The summed E-state index contributed by atoms with van der Waals surface area (Å²) in [5.41, 5.74) is 7.93. The highest BCUT2D eigenvalue weighted by Crippen LogP contribution is 2.18. The average Bonchev–Trinajstić information content (AvgIpc) is 3.22. The molecule has 1 aromatic carbocycles. The van der Waals surface area contributed by atoms with E-state index in [9.17, 15) is 19.2 Å². The second-order valence-corrected chi connectivity index (χ2v) is 8.81. The van der Waals surface area contributed by atoms with E-state index in [-0.39, 0.29) is 6.42 Å². The Morgan fingerprint density at radius 1 is 1.06 bits per heavy atom. The lowest BCUT2D eigenvalue weighted by Gasteiger charge is -2.23. The first-order valence-corrected chi connectivity index (χ1v) is 12.1. The molecule has 1 heterocycles. The van der Waals surface area contributed by atoms with E-state index >= 15 is 0 Å². The minimum absolute atomic E-state index is 0.267. The minimum atomic E-state index is -1.48. The topological polar surface area (TPSA) is 187 Å². The summed E-state index contributed by atoms with van der Waals surface area (Å²) >= 11 is 1.49. The molecule has 11 nitrogen and oxygen atoms in total. The zero-order valence-electron chi connectivity index (χ0n) is 19.0. The van der Waals surface area contributed by atoms with Gasteiger partial charge in [0.2, 0.25) is 17.7 Å². The van der Waals surface area contributed by atoms with Crippen molar-refractivity contribution in [1.82, 2.24) is 20.9 Å². The summed E-state index contributed by atoms with van der Waals surface area (Å²) in [5.74, 6) is -2.71. The molecule has 0 fully saturated rings. The van der Waals surface area contributed by atoms with Crippen molar-refractivity contribution in [3.8, 4) is 0 Å². The number of hydrogen-bond donors (Lipinski definition) is 7. The van der Waals surface area contributed by atoms with Crippen LogP contribution in [0.1, 0.15) is 18.9 Å². The number of benzene rings is 1. The van der Waals surface area contributed by atoms with E-state index in [1.165, 1.54) is 18.7 Å². The number of hydrogen-bond acceptors (Lipinski definition) is 7. The lowest BCUT2D eigenvalue weighted by Crippen LogP contribution is -2.57. The number of nitrogens with two attached hydrogens (primary N) is 1. The Labute approximate surface area is 201 Å². The van der Waals surface area contributed by atoms with Crippen molar-refractivity contribution < 1.29 is 29.4 Å². The molecule has 12 heteroatoms. The Morgan fingerprint density at radius 2 is 1.74 bits per heavy atom. The van der Waals surface area contributed by atoms with Gasteiger partial charge in [-0.25, -0.2) is 4.79 Å². The quantitative estimate of drug-likeness (QED) is 0.192. The van der Waals surface area contributed by atoms with Crippen LogP contribution in [0.4, 0.5) is 0 Å². The van der Waals surface area contributed by atoms with Crippen LogP contribution in [-0.4, -0.2) is 81.7 Å². The molecule has 1 aromatic heterocycles. The maximum Gasteiger partial charge on any atom is 0.328 e. The number of para-hydroxylation sites is 1. The molecule has 0 bridgehead atoms. The second-order valence-electron chi connectivity index (χ2n) is 7.83. The van der Waals surface area contributed by atoms with Gasteiger partial charge in [-0.05, 0) is 43.4 Å². The molecule has 0 saturated heterocycles. The third-order valence-corrected chi connectivity index (χ3v) is 5.89. The summed E-state index contributed by atoms with van der Waals surface area (Å²) in [7, 11) is 0. The van der Waals surface area contributed by atoms with Gasteiger partial charge in [-0.3, -0.25) is 14.4 Å². The monoisotopic (exact) mass is 493 g/mol. The van der Waals surface area contributed by atoms with Gasteiger partial charge in [0.25, 0.3) is 0 Å². The molecule has 3 amide bonds. The van der Waals surface area contributed by atoms with Crippen molar-refractivity contribution in [2.24, 2.45) is 5.73 Å². The highest BCUT2D eigenvalue weighted by Gasteiger charge is 2.28. The SMILES string of the molecule is CSCCC(NC(=O)C(N)Cc1c[nH]c2ccccc12)C(=O)NC(C)C(=O)NC(CO)C(=O)O. The summed E-state index contributed by atoms with van der Waals surface area (Å²) in [6.45, 7) is 0.585. The number of aromatic nitrogens is 1. The lowest BCUT2D eigenvalue weighted by atomic mass is 10.0. The molecule has 0 aliphatic rings. The van der Waals surface area contributed by atoms with Crippen molar-refractivity contribution in [2.75, 3.05) is 18.6 Å². The number of H-pyrrole nitrogens is 1.